The first-order valence-corrected chi connectivity index (χ1v) is 12.7. The van der Waals surface area contributed by atoms with Crippen molar-refractivity contribution in [2.24, 2.45) is 5.92 Å². The van der Waals surface area contributed by atoms with Crippen LogP contribution in [0.25, 0.3) is 0 Å². The van der Waals surface area contributed by atoms with Gasteiger partial charge in [0.15, 0.2) is 21.3 Å². The van der Waals surface area contributed by atoms with Crippen LogP contribution in [0.3, 0.4) is 0 Å². The molecule has 2 aromatic rings. The Kier molecular flexibility index (Phi) is 5.52. The number of nitrogens with zero attached hydrogens (tertiary/aromatic N) is 1. The molecule has 0 radical (unpaired) electrons. The molecule has 33 heavy (non-hydrogen) atoms. The van der Waals surface area contributed by atoms with Crippen LogP contribution in [0.1, 0.15) is 37.3 Å². The van der Waals surface area contributed by atoms with E-state index in [1.807, 2.05) is 6.07 Å². The van der Waals surface area contributed by atoms with Crippen LogP contribution in [0, 0.1) is 5.92 Å². The van der Waals surface area contributed by atoms with Crippen molar-refractivity contribution in [1.82, 2.24) is 5.32 Å². The zero-order valence-electron chi connectivity index (χ0n) is 18.4. The molecule has 0 saturated heterocycles. The van der Waals surface area contributed by atoms with E-state index in [-0.39, 0.29) is 42.4 Å². The predicted molar refractivity (Wildman–Crippen MR) is 121 cm³/mol. The number of nitrogens with one attached hydrogen (secondary N) is 1. The molecule has 1 fully saturated rings. The summed E-state index contributed by atoms with van der Waals surface area (Å²) in [6, 6.07) is 10.3. The summed E-state index contributed by atoms with van der Waals surface area (Å²) in [4.78, 5) is 26.9. The van der Waals surface area contributed by atoms with Gasteiger partial charge in [0.2, 0.25) is 18.6 Å². The molecule has 8 nitrogen and oxygen atoms in total. The second-order valence-corrected chi connectivity index (χ2v) is 11.2. The monoisotopic (exact) mass is 470 g/mol. The molecule has 5 rings (SSSR count). The Bertz CT molecular complexity index is 1220. The van der Waals surface area contributed by atoms with E-state index in [0.29, 0.717) is 24.5 Å². The van der Waals surface area contributed by atoms with Gasteiger partial charge in [0.25, 0.3) is 0 Å². The van der Waals surface area contributed by atoms with Crippen molar-refractivity contribution >= 4 is 27.3 Å². The normalized spacial score (nSPS) is 17.5. The molecule has 9 heteroatoms. The number of fused-ring (bicyclic) bond motifs is 2. The van der Waals surface area contributed by atoms with Gasteiger partial charge in [-0.3, -0.25) is 9.59 Å². The minimum Gasteiger partial charge on any atom is -0.454 e. The van der Waals surface area contributed by atoms with Gasteiger partial charge in [-0.15, -0.1) is 0 Å². The van der Waals surface area contributed by atoms with Gasteiger partial charge in [0.1, 0.15) is 0 Å². The van der Waals surface area contributed by atoms with E-state index in [0.717, 1.165) is 29.7 Å². The van der Waals surface area contributed by atoms with E-state index in [9.17, 15) is 18.0 Å². The van der Waals surface area contributed by atoms with Crippen LogP contribution in [-0.2, 0) is 32.4 Å². The van der Waals surface area contributed by atoms with Crippen LogP contribution in [0.15, 0.2) is 41.3 Å². The number of carbonyl (C=O) groups is 2. The number of hydrogen-bond donors (Lipinski definition) is 1. The van der Waals surface area contributed by atoms with E-state index in [4.69, 9.17) is 9.47 Å². The Morgan fingerprint density at radius 1 is 1.12 bits per heavy atom. The lowest BCUT2D eigenvalue weighted by molar-refractivity contribution is -0.121. The minimum absolute atomic E-state index is 0.121. The number of hydrogen-bond acceptors (Lipinski definition) is 6. The number of benzene rings is 2. The van der Waals surface area contributed by atoms with Crippen LogP contribution in [0.5, 0.6) is 11.5 Å². The van der Waals surface area contributed by atoms with E-state index in [1.54, 1.807) is 42.2 Å². The Morgan fingerprint density at radius 2 is 1.91 bits per heavy atom. The maximum atomic E-state index is 13.1. The Hall–Kier alpha value is -3.07. The highest BCUT2D eigenvalue weighted by Crippen LogP contribution is 2.37. The maximum absolute atomic E-state index is 13.1. The summed E-state index contributed by atoms with van der Waals surface area (Å²) in [5.41, 5.74) is 2.51. The summed E-state index contributed by atoms with van der Waals surface area (Å²) < 4.78 is 36.8. The van der Waals surface area contributed by atoms with Crippen molar-refractivity contribution in [2.75, 3.05) is 18.2 Å². The molecule has 2 aromatic carbocycles. The van der Waals surface area contributed by atoms with Crippen molar-refractivity contribution in [1.29, 1.82) is 0 Å². The van der Waals surface area contributed by atoms with Crippen molar-refractivity contribution in [3.05, 3.63) is 47.5 Å². The lowest BCUT2D eigenvalue weighted by Crippen LogP contribution is -2.30. The fraction of sp³-hybridized carbons (Fsp3) is 0.417. The van der Waals surface area contributed by atoms with Crippen LogP contribution >= 0.6 is 0 Å². The van der Waals surface area contributed by atoms with Gasteiger partial charge in [-0.1, -0.05) is 6.07 Å². The summed E-state index contributed by atoms with van der Waals surface area (Å²) in [6.45, 7) is 2.58. The average molecular weight is 471 g/mol. The van der Waals surface area contributed by atoms with Crippen molar-refractivity contribution < 1.29 is 27.5 Å². The summed E-state index contributed by atoms with van der Waals surface area (Å²) >= 11 is 0. The van der Waals surface area contributed by atoms with Crippen molar-refractivity contribution in [3.8, 4) is 11.5 Å². The van der Waals surface area contributed by atoms with Gasteiger partial charge < -0.3 is 19.7 Å². The summed E-state index contributed by atoms with van der Waals surface area (Å²) in [5, 5.41) is 1.90. The molecule has 2 aliphatic heterocycles. The average Bonchev–Trinajstić information content (AvgIpc) is 3.40. The fourth-order valence-corrected chi connectivity index (χ4v) is 5.66. The molecule has 2 amide bonds. The third kappa shape index (κ3) is 4.29. The topological polar surface area (TPSA) is 102 Å². The molecule has 0 aromatic heterocycles. The standard InChI is InChI=1S/C24H26N2O6S/c1-15(10-23(27)25-13-16-2-7-21-22(11-16)32-14-31-21)33(29,30)19-5-6-20-18(12-19)8-9-26(20)24(28)17-3-4-17/h2,5-7,11-12,15,17H,3-4,8-10,13-14H2,1H3,(H,25,27)/t15-/m1/s1. The van der Waals surface area contributed by atoms with Gasteiger partial charge in [-0.25, -0.2) is 8.42 Å². The predicted octanol–water partition coefficient (Wildman–Crippen LogP) is 2.58. The van der Waals surface area contributed by atoms with E-state index < -0.39 is 15.1 Å². The summed E-state index contributed by atoms with van der Waals surface area (Å²) in [7, 11) is -3.69. The maximum Gasteiger partial charge on any atom is 0.231 e. The number of amides is 2. The summed E-state index contributed by atoms with van der Waals surface area (Å²) in [6.07, 6.45) is 2.37. The minimum atomic E-state index is -3.69. The SMILES string of the molecule is C[C@H](CC(=O)NCc1ccc2c(c1)OCO2)S(=O)(=O)c1ccc2c(c1)CCN2C(=O)C1CC1. The van der Waals surface area contributed by atoms with Crippen LogP contribution in [0.2, 0.25) is 0 Å². The number of anilines is 1. The lowest BCUT2D eigenvalue weighted by Gasteiger charge is -2.18. The smallest absolute Gasteiger partial charge is 0.231 e. The van der Waals surface area contributed by atoms with Crippen molar-refractivity contribution in [3.63, 3.8) is 0 Å². The first-order chi connectivity index (χ1) is 15.8. The second-order valence-electron chi connectivity index (χ2n) is 8.83. The number of carbonyl (C=O) groups excluding carboxylic acids is 2. The third-order valence-corrected chi connectivity index (χ3v) is 8.53. The molecular weight excluding hydrogens is 444 g/mol. The molecule has 1 atom stereocenters. The molecule has 0 bridgehead atoms. The van der Waals surface area contributed by atoms with Crippen molar-refractivity contribution in [2.45, 2.75) is 49.3 Å². The van der Waals surface area contributed by atoms with Crippen LogP contribution < -0.4 is 19.7 Å². The van der Waals surface area contributed by atoms with Crippen LogP contribution in [0.4, 0.5) is 5.69 Å². The Morgan fingerprint density at radius 3 is 2.70 bits per heavy atom. The van der Waals surface area contributed by atoms with E-state index in [1.165, 1.54) is 0 Å². The quantitative estimate of drug-likeness (QED) is 0.667. The molecule has 1 aliphatic carbocycles. The summed E-state index contributed by atoms with van der Waals surface area (Å²) in [5.74, 6) is 1.21. The Balaban J connectivity index is 1.21. The van der Waals surface area contributed by atoms with Gasteiger partial charge in [-0.2, -0.15) is 0 Å². The Labute approximate surface area is 192 Å². The van der Waals surface area contributed by atoms with Gasteiger partial charge >= 0.3 is 0 Å². The first kappa shape index (κ1) is 21.8. The number of rotatable bonds is 7. The van der Waals surface area contributed by atoms with E-state index in [2.05, 4.69) is 5.32 Å². The largest absolute Gasteiger partial charge is 0.454 e. The first-order valence-electron chi connectivity index (χ1n) is 11.2. The van der Waals surface area contributed by atoms with Crippen LogP contribution in [-0.4, -0.2) is 38.8 Å². The highest BCUT2D eigenvalue weighted by Gasteiger charge is 2.37. The number of ether oxygens (including phenoxy) is 2. The molecule has 0 spiro atoms. The third-order valence-electron chi connectivity index (χ3n) is 6.40. The van der Waals surface area contributed by atoms with Gasteiger partial charge in [-0.05, 0) is 67.6 Å². The van der Waals surface area contributed by atoms with E-state index >= 15 is 0 Å². The van der Waals surface area contributed by atoms with Gasteiger partial charge in [0.05, 0.1) is 10.1 Å². The fourth-order valence-electron chi connectivity index (χ4n) is 4.26. The molecule has 0 unspecified atom stereocenters. The molecule has 1 saturated carbocycles. The molecule has 3 aliphatic rings. The molecule has 1 N–H and O–H groups in total. The zero-order valence-corrected chi connectivity index (χ0v) is 19.2. The highest BCUT2D eigenvalue weighted by molar-refractivity contribution is 7.92. The lowest BCUT2D eigenvalue weighted by atomic mass is 10.2. The molecule has 174 valence electrons. The number of sulfone groups is 1. The molecule has 2 heterocycles. The molecular formula is C24H26N2O6S. The highest BCUT2D eigenvalue weighted by atomic mass is 32.2. The van der Waals surface area contributed by atoms with Gasteiger partial charge in [0, 0.05) is 31.1 Å². The zero-order chi connectivity index (χ0) is 23.2. The second kappa shape index (κ2) is 8.37.